The van der Waals surface area contributed by atoms with Gasteiger partial charge in [-0.15, -0.1) is 0 Å². The van der Waals surface area contributed by atoms with Crippen molar-refractivity contribution in [3.8, 4) is 5.75 Å². The van der Waals surface area contributed by atoms with Gasteiger partial charge in [-0.1, -0.05) is 38.4 Å². The zero-order valence-electron chi connectivity index (χ0n) is 12.2. The number of nitrogens with zero attached hydrogens (tertiary/aromatic N) is 1. The summed E-state index contributed by atoms with van der Waals surface area (Å²) in [5.41, 5.74) is 0.970. The van der Waals surface area contributed by atoms with Crippen LogP contribution in [0.5, 0.6) is 5.75 Å². The van der Waals surface area contributed by atoms with Crippen molar-refractivity contribution in [1.29, 1.82) is 0 Å². The number of piperazine rings is 1. The first-order valence-electron chi connectivity index (χ1n) is 6.94. The number of halogens is 2. The van der Waals surface area contributed by atoms with Crippen molar-refractivity contribution in [2.45, 2.75) is 26.8 Å². The van der Waals surface area contributed by atoms with Crippen LogP contribution in [0.25, 0.3) is 0 Å². The first-order valence-corrected chi connectivity index (χ1v) is 8.11. The lowest BCUT2D eigenvalue weighted by Crippen LogP contribution is -2.48. The molecule has 112 valence electrons. The minimum atomic E-state index is 0.0299. The molecule has 1 aliphatic heterocycles. The Morgan fingerprint density at radius 2 is 1.90 bits per heavy atom. The highest BCUT2D eigenvalue weighted by atomic mass is 79.9. The SMILES string of the molecule is CC(C)(C)[C@H](c1ccc(Cl)c(Br)c1O)N1CCNCC1. The van der Waals surface area contributed by atoms with Gasteiger partial charge in [-0.2, -0.15) is 0 Å². The summed E-state index contributed by atoms with van der Waals surface area (Å²) in [6.45, 7) is 10.6. The minimum Gasteiger partial charge on any atom is -0.506 e. The topological polar surface area (TPSA) is 35.5 Å². The summed E-state index contributed by atoms with van der Waals surface area (Å²) in [6.07, 6.45) is 0. The number of rotatable bonds is 2. The molecule has 1 fully saturated rings. The quantitative estimate of drug-likeness (QED) is 0.841. The van der Waals surface area contributed by atoms with Crippen molar-refractivity contribution in [2.24, 2.45) is 5.41 Å². The van der Waals surface area contributed by atoms with E-state index in [0.29, 0.717) is 9.50 Å². The van der Waals surface area contributed by atoms with Gasteiger partial charge in [0, 0.05) is 37.8 Å². The van der Waals surface area contributed by atoms with E-state index in [9.17, 15) is 5.11 Å². The normalized spacial score (nSPS) is 19.1. The fraction of sp³-hybridized carbons (Fsp3) is 0.600. The summed E-state index contributed by atoms with van der Waals surface area (Å²) >= 11 is 9.44. The van der Waals surface area contributed by atoms with Gasteiger partial charge in [0.1, 0.15) is 5.75 Å². The lowest BCUT2D eigenvalue weighted by Gasteiger charge is -2.42. The first kappa shape index (κ1) is 16.1. The van der Waals surface area contributed by atoms with E-state index in [2.05, 4.69) is 46.9 Å². The molecule has 0 aromatic heterocycles. The van der Waals surface area contributed by atoms with Crippen LogP contribution in [-0.4, -0.2) is 36.2 Å². The zero-order valence-corrected chi connectivity index (χ0v) is 14.6. The Hall–Kier alpha value is -0.290. The minimum absolute atomic E-state index is 0.0299. The van der Waals surface area contributed by atoms with Gasteiger partial charge in [-0.3, -0.25) is 4.90 Å². The highest BCUT2D eigenvalue weighted by Gasteiger charge is 2.34. The molecule has 20 heavy (non-hydrogen) atoms. The first-order chi connectivity index (χ1) is 9.32. The van der Waals surface area contributed by atoms with E-state index < -0.39 is 0 Å². The van der Waals surface area contributed by atoms with Crippen LogP contribution in [-0.2, 0) is 0 Å². The van der Waals surface area contributed by atoms with E-state index in [0.717, 1.165) is 31.7 Å². The maximum Gasteiger partial charge on any atom is 0.136 e. The third-order valence-electron chi connectivity index (χ3n) is 3.73. The smallest absolute Gasteiger partial charge is 0.136 e. The summed E-state index contributed by atoms with van der Waals surface area (Å²) in [7, 11) is 0. The van der Waals surface area contributed by atoms with Crippen LogP contribution in [0.15, 0.2) is 16.6 Å². The van der Waals surface area contributed by atoms with Crippen molar-refractivity contribution >= 4 is 27.5 Å². The Bertz CT molecular complexity index is 481. The molecule has 1 heterocycles. The number of nitrogens with one attached hydrogen (secondary N) is 1. The molecule has 0 aliphatic carbocycles. The van der Waals surface area contributed by atoms with Gasteiger partial charge in [0.25, 0.3) is 0 Å². The van der Waals surface area contributed by atoms with Crippen molar-refractivity contribution < 1.29 is 5.11 Å². The molecule has 2 N–H and O–H groups in total. The van der Waals surface area contributed by atoms with E-state index in [-0.39, 0.29) is 17.2 Å². The lowest BCUT2D eigenvalue weighted by atomic mass is 9.80. The molecule has 3 nitrogen and oxygen atoms in total. The Labute approximate surface area is 134 Å². The Balaban J connectivity index is 2.44. The summed E-state index contributed by atoms with van der Waals surface area (Å²) in [5.74, 6) is 0.260. The van der Waals surface area contributed by atoms with Gasteiger partial charge >= 0.3 is 0 Å². The van der Waals surface area contributed by atoms with Gasteiger partial charge in [0.05, 0.1) is 9.50 Å². The molecule has 1 aromatic rings. The number of aromatic hydroxyl groups is 1. The zero-order chi connectivity index (χ0) is 14.9. The van der Waals surface area contributed by atoms with Gasteiger partial charge < -0.3 is 10.4 Å². The molecule has 5 heteroatoms. The van der Waals surface area contributed by atoms with E-state index in [4.69, 9.17) is 11.6 Å². The molecule has 1 atom stereocenters. The second kappa shape index (κ2) is 6.22. The molecule has 0 spiro atoms. The van der Waals surface area contributed by atoms with Crippen molar-refractivity contribution in [3.63, 3.8) is 0 Å². The van der Waals surface area contributed by atoms with Gasteiger partial charge in [-0.25, -0.2) is 0 Å². The van der Waals surface area contributed by atoms with Crippen molar-refractivity contribution in [3.05, 3.63) is 27.2 Å². The fourth-order valence-corrected chi connectivity index (χ4v) is 3.44. The predicted octanol–water partition coefficient (Wildman–Crippen LogP) is 3.80. The van der Waals surface area contributed by atoms with E-state index >= 15 is 0 Å². The van der Waals surface area contributed by atoms with Crippen LogP contribution in [0.3, 0.4) is 0 Å². The second-order valence-electron chi connectivity index (χ2n) is 6.35. The molecule has 0 unspecified atom stereocenters. The highest BCUT2D eigenvalue weighted by Crippen LogP contribution is 2.45. The summed E-state index contributed by atoms with van der Waals surface area (Å²) < 4.78 is 0.584. The largest absolute Gasteiger partial charge is 0.506 e. The van der Waals surface area contributed by atoms with Gasteiger partial charge in [-0.05, 0) is 27.4 Å². The van der Waals surface area contributed by atoms with Gasteiger partial charge in [0.2, 0.25) is 0 Å². The van der Waals surface area contributed by atoms with Crippen molar-refractivity contribution in [2.75, 3.05) is 26.2 Å². The van der Waals surface area contributed by atoms with Crippen LogP contribution in [0, 0.1) is 5.41 Å². The fourth-order valence-electron chi connectivity index (χ4n) is 2.93. The standard InChI is InChI=1S/C15H22BrClN2O/c1-15(2,3)14(19-8-6-18-7-9-19)10-4-5-11(17)12(16)13(10)20/h4-5,14,18,20H,6-9H2,1-3H3/t14-/m0/s1. The third kappa shape index (κ3) is 3.30. The molecule has 0 bridgehead atoms. The number of hydrogen-bond donors (Lipinski definition) is 2. The number of hydrogen-bond acceptors (Lipinski definition) is 3. The molecule has 2 rings (SSSR count). The van der Waals surface area contributed by atoms with E-state index in [1.807, 2.05) is 12.1 Å². The maximum atomic E-state index is 10.5. The predicted molar refractivity (Wildman–Crippen MR) is 87.5 cm³/mol. The highest BCUT2D eigenvalue weighted by molar-refractivity contribution is 9.10. The number of phenolic OH excluding ortho intramolecular Hbond substituents is 1. The molecular formula is C15H22BrClN2O. The Kier molecular flexibility index (Phi) is 5.00. The number of phenols is 1. The van der Waals surface area contributed by atoms with Crippen LogP contribution in [0.2, 0.25) is 5.02 Å². The molecular weight excluding hydrogens is 340 g/mol. The monoisotopic (exact) mass is 360 g/mol. The molecule has 0 saturated carbocycles. The Morgan fingerprint density at radius 1 is 1.30 bits per heavy atom. The van der Waals surface area contributed by atoms with E-state index in [1.165, 1.54) is 0 Å². The van der Waals surface area contributed by atoms with Crippen LogP contribution >= 0.6 is 27.5 Å². The Morgan fingerprint density at radius 3 is 2.45 bits per heavy atom. The average molecular weight is 362 g/mol. The lowest BCUT2D eigenvalue weighted by molar-refractivity contribution is 0.0842. The summed E-state index contributed by atoms with van der Waals surface area (Å²) in [5, 5.41) is 14.4. The summed E-state index contributed by atoms with van der Waals surface area (Å²) in [4.78, 5) is 2.44. The average Bonchev–Trinajstić information content (AvgIpc) is 2.39. The molecule has 1 aliphatic rings. The van der Waals surface area contributed by atoms with E-state index in [1.54, 1.807) is 0 Å². The molecule has 0 amide bonds. The third-order valence-corrected chi connectivity index (χ3v) is 5.08. The van der Waals surface area contributed by atoms with Crippen LogP contribution in [0.1, 0.15) is 32.4 Å². The van der Waals surface area contributed by atoms with Crippen molar-refractivity contribution in [1.82, 2.24) is 10.2 Å². The second-order valence-corrected chi connectivity index (χ2v) is 7.55. The maximum absolute atomic E-state index is 10.5. The van der Waals surface area contributed by atoms with Crippen LogP contribution in [0.4, 0.5) is 0 Å². The molecule has 1 saturated heterocycles. The van der Waals surface area contributed by atoms with Gasteiger partial charge in [0.15, 0.2) is 0 Å². The summed E-state index contributed by atoms with van der Waals surface area (Å²) in [6, 6.07) is 3.96. The molecule has 0 radical (unpaired) electrons. The molecule has 1 aromatic carbocycles. The van der Waals surface area contributed by atoms with Crippen LogP contribution < -0.4 is 5.32 Å². The number of benzene rings is 1.